The number of nitrogens with one attached hydrogen (secondary N) is 1. The molecule has 0 aromatic carbocycles. The molecule has 2 aromatic heterocycles. The number of anilines is 2. The number of aryl methyl sites for hydroxylation is 2. The van der Waals surface area contributed by atoms with E-state index in [1.165, 1.54) is 6.08 Å². The van der Waals surface area contributed by atoms with Crippen molar-refractivity contribution in [1.29, 1.82) is 0 Å². The molecule has 6 heteroatoms. The van der Waals surface area contributed by atoms with Gasteiger partial charge in [0.15, 0.2) is 0 Å². The van der Waals surface area contributed by atoms with Gasteiger partial charge < -0.3 is 10.2 Å². The Labute approximate surface area is 148 Å². The average molecular weight is 337 g/mol. The first-order valence-corrected chi connectivity index (χ1v) is 8.53. The van der Waals surface area contributed by atoms with Crippen LogP contribution in [0.15, 0.2) is 36.9 Å². The Hall–Kier alpha value is -2.76. The molecule has 1 aliphatic heterocycles. The smallest absolute Gasteiger partial charge is 0.245 e. The summed E-state index contributed by atoms with van der Waals surface area (Å²) in [5.74, 6) is 2.40. The van der Waals surface area contributed by atoms with Crippen LogP contribution in [0.25, 0.3) is 0 Å². The maximum absolute atomic E-state index is 11.9. The Balaban J connectivity index is 1.81. The normalized spacial score (nSPS) is 17.2. The molecule has 1 amide bonds. The fourth-order valence-electron chi connectivity index (χ4n) is 3.16. The summed E-state index contributed by atoms with van der Waals surface area (Å²) in [6.45, 7) is 8.87. The highest BCUT2D eigenvalue weighted by Crippen LogP contribution is 2.27. The number of hydrogen-bond acceptors (Lipinski definition) is 5. The predicted molar refractivity (Wildman–Crippen MR) is 97.8 cm³/mol. The van der Waals surface area contributed by atoms with Gasteiger partial charge in [-0.1, -0.05) is 12.6 Å². The molecule has 2 aromatic rings. The number of piperidine rings is 1. The van der Waals surface area contributed by atoms with Crippen molar-refractivity contribution in [2.24, 2.45) is 0 Å². The zero-order valence-corrected chi connectivity index (χ0v) is 14.7. The van der Waals surface area contributed by atoms with E-state index in [0.29, 0.717) is 12.4 Å². The van der Waals surface area contributed by atoms with Crippen LogP contribution < -0.4 is 5.32 Å². The molecule has 0 saturated carbocycles. The predicted octanol–water partition coefficient (Wildman–Crippen LogP) is 3.12. The van der Waals surface area contributed by atoms with Crippen LogP contribution >= 0.6 is 0 Å². The number of pyridine rings is 1. The molecule has 1 atom stereocenters. The summed E-state index contributed by atoms with van der Waals surface area (Å²) in [5, 5.41) is 3.25. The monoisotopic (exact) mass is 337 g/mol. The van der Waals surface area contributed by atoms with Gasteiger partial charge in [0.25, 0.3) is 0 Å². The van der Waals surface area contributed by atoms with E-state index >= 15 is 0 Å². The topological polar surface area (TPSA) is 71.0 Å². The first kappa shape index (κ1) is 17.1. The summed E-state index contributed by atoms with van der Waals surface area (Å²) in [5.41, 5.74) is 1.91. The third-order valence-corrected chi connectivity index (χ3v) is 4.33. The van der Waals surface area contributed by atoms with Gasteiger partial charge in [-0.25, -0.2) is 15.0 Å². The number of carbonyl (C=O) groups excluding carboxylic acids is 1. The van der Waals surface area contributed by atoms with E-state index in [1.807, 2.05) is 43.0 Å². The van der Waals surface area contributed by atoms with E-state index in [-0.39, 0.29) is 11.8 Å². The Morgan fingerprint density at radius 1 is 1.28 bits per heavy atom. The fourth-order valence-corrected chi connectivity index (χ4v) is 3.16. The van der Waals surface area contributed by atoms with Gasteiger partial charge in [-0.3, -0.25) is 4.79 Å². The van der Waals surface area contributed by atoms with Crippen LogP contribution in [-0.4, -0.2) is 38.8 Å². The minimum absolute atomic E-state index is 0.0159. The van der Waals surface area contributed by atoms with Crippen molar-refractivity contribution in [1.82, 2.24) is 19.9 Å². The largest absolute Gasteiger partial charge is 0.339 e. The van der Waals surface area contributed by atoms with Crippen LogP contribution in [0.4, 0.5) is 11.6 Å². The molecule has 0 spiro atoms. The Morgan fingerprint density at radius 2 is 2.12 bits per heavy atom. The van der Waals surface area contributed by atoms with Crippen LogP contribution in [0.3, 0.4) is 0 Å². The fraction of sp³-hybridized carbons (Fsp3) is 0.368. The molecule has 25 heavy (non-hydrogen) atoms. The number of rotatable bonds is 4. The summed E-state index contributed by atoms with van der Waals surface area (Å²) >= 11 is 0. The minimum Gasteiger partial charge on any atom is -0.339 e. The minimum atomic E-state index is -0.0159. The van der Waals surface area contributed by atoms with E-state index < -0.39 is 0 Å². The molecular formula is C19H23N5O. The zero-order valence-electron chi connectivity index (χ0n) is 14.7. The second kappa shape index (κ2) is 7.42. The summed E-state index contributed by atoms with van der Waals surface area (Å²) < 4.78 is 0. The molecule has 3 heterocycles. The van der Waals surface area contributed by atoms with Crippen molar-refractivity contribution in [2.75, 3.05) is 18.4 Å². The highest BCUT2D eigenvalue weighted by molar-refractivity contribution is 5.87. The Morgan fingerprint density at radius 3 is 2.88 bits per heavy atom. The number of hydrogen-bond donors (Lipinski definition) is 1. The van der Waals surface area contributed by atoms with Crippen molar-refractivity contribution < 1.29 is 4.79 Å². The summed E-state index contributed by atoms with van der Waals surface area (Å²) in [4.78, 5) is 27.3. The molecule has 6 nitrogen and oxygen atoms in total. The SMILES string of the molecule is C=CC(=O)N1CCC[C@H](c2cc(Nc3cccc(C)n3)nc(C)n2)C1. The first-order chi connectivity index (χ1) is 12.0. The van der Waals surface area contributed by atoms with Crippen molar-refractivity contribution in [2.45, 2.75) is 32.6 Å². The number of likely N-dealkylation sites (tertiary alicyclic amines) is 1. The number of carbonyl (C=O) groups is 1. The zero-order chi connectivity index (χ0) is 17.8. The van der Waals surface area contributed by atoms with Crippen molar-refractivity contribution in [3.63, 3.8) is 0 Å². The van der Waals surface area contributed by atoms with Gasteiger partial charge in [0.1, 0.15) is 17.5 Å². The molecule has 130 valence electrons. The lowest BCUT2D eigenvalue weighted by Gasteiger charge is -2.32. The second-order valence-electron chi connectivity index (χ2n) is 6.34. The molecule has 1 N–H and O–H groups in total. The lowest BCUT2D eigenvalue weighted by molar-refractivity contribution is -0.127. The van der Waals surface area contributed by atoms with Crippen LogP contribution in [0.2, 0.25) is 0 Å². The van der Waals surface area contributed by atoms with Gasteiger partial charge in [0.05, 0.1) is 5.69 Å². The highest BCUT2D eigenvalue weighted by Gasteiger charge is 2.25. The lowest BCUT2D eigenvalue weighted by Crippen LogP contribution is -2.38. The van der Waals surface area contributed by atoms with Gasteiger partial charge in [-0.15, -0.1) is 0 Å². The maximum Gasteiger partial charge on any atom is 0.245 e. The highest BCUT2D eigenvalue weighted by atomic mass is 16.2. The molecule has 0 unspecified atom stereocenters. The standard InChI is InChI=1S/C19H23N5O/c1-4-19(25)24-10-6-8-15(12-24)16-11-18(22-14(3)21-16)23-17-9-5-7-13(2)20-17/h4-5,7,9,11,15H,1,6,8,10,12H2,2-3H3,(H,20,21,22,23)/t15-/m0/s1. The molecule has 1 aliphatic rings. The Bertz CT molecular complexity index is 789. The van der Waals surface area contributed by atoms with E-state index in [0.717, 1.165) is 42.4 Å². The molecule has 0 radical (unpaired) electrons. The Kier molecular flexibility index (Phi) is 5.07. The first-order valence-electron chi connectivity index (χ1n) is 8.53. The lowest BCUT2D eigenvalue weighted by atomic mass is 9.94. The molecular weight excluding hydrogens is 314 g/mol. The number of aromatic nitrogens is 3. The van der Waals surface area contributed by atoms with Gasteiger partial charge in [-0.2, -0.15) is 0 Å². The maximum atomic E-state index is 11.9. The van der Waals surface area contributed by atoms with Crippen LogP contribution in [0.1, 0.15) is 36.0 Å². The van der Waals surface area contributed by atoms with Crippen LogP contribution in [-0.2, 0) is 4.79 Å². The van der Waals surface area contributed by atoms with Crippen LogP contribution in [0, 0.1) is 13.8 Å². The third kappa shape index (κ3) is 4.21. The van der Waals surface area contributed by atoms with E-state index in [1.54, 1.807) is 0 Å². The van der Waals surface area contributed by atoms with Crippen LogP contribution in [0.5, 0.6) is 0 Å². The molecule has 0 bridgehead atoms. The average Bonchev–Trinajstić information content (AvgIpc) is 2.60. The number of amides is 1. The summed E-state index contributed by atoms with van der Waals surface area (Å²) in [6, 6.07) is 7.79. The summed E-state index contributed by atoms with van der Waals surface area (Å²) in [7, 11) is 0. The molecule has 1 saturated heterocycles. The number of nitrogens with zero attached hydrogens (tertiary/aromatic N) is 4. The van der Waals surface area contributed by atoms with Gasteiger partial charge in [0.2, 0.25) is 5.91 Å². The summed E-state index contributed by atoms with van der Waals surface area (Å²) in [6.07, 6.45) is 3.36. The van der Waals surface area contributed by atoms with Crippen molar-refractivity contribution in [3.8, 4) is 0 Å². The molecule has 0 aliphatic carbocycles. The van der Waals surface area contributed by atoms with E-state index in [9.17, 15) is 4.79 Å². The van der Waals surface area contributed by atoms with Crippen molar-refractivity contribution >= 4 is 17.5 Å². The van der Waals surface area contributed by atoms with Crippen molar-refractivity contribution in [3.05, 3.63) is 54.1 Å². The quantitative estimate of drug-likeness (QED) is 0.868. The third-order valence-electron chi connectivity index (χ3n) is 4.33. The molecule has 3 rings (SSSR count). The second-order valence-corrected chi connectivity index (χ2v) is 6.34. The molecule has 1 fully saturated rings. The van der Waals surface area contributed by atoms with Gasteiger partial charge in [-0.05, 0) is 44.9 Å². The van der Waals surface area contributed by atoms with Gasteiger partial charge >= 0.3 is 0 Å². The van der Waals surface area contributed by atoms with Gasteiger partial charge in [0, 0.05) is 30.8 Å². The van der Waals surface area contributed by atoms with E-state index in [2.05, 4.69) is 26.8 Å². The van der Waals surface area contributed by atoms with E-state index in [4.69, 9.17) is 0 Å².